The van der Waals surface area contributed by atoms with E-state index in [-0.39, 0.29) is 22.8 Å². The Morgan fingerprint density at radius 1 is 0.574 bits per heavy atom. The zero-order valence-corrected chi connectivity index (χ0v) is 33.4. The molecule has 1 aliphatic heterocycles. The Hall–Kier alpha value is -5.29. The van der Waals surface area contributed by atoms with Crippen LogP contribution in [0.1, 0.15) is 132 Å². The molecule has 0 spiro atoms. The number of rotatable bonds is 6. The van der Waals surface area contributed by atoms with Crippen LogP contribution in [0.25, 0.3) is 44.5 Å². The van der Waals surface area contributed by atoms with Crippen LogP contribution in [0.5, 0.6) is 0 Å². The molecule has 8 rings (SSSR count). The lowest BCUT2D eigenvalue weighted by Crippen LogP contribution is -2.24. The number of para-hydroxylation sites is 2. The fourth-order valence-corrected chi connectivity index (χ4v) is 8.10. The Balaban J connectivity index is 1.31. The third-order valence-corrected chi connectivity index (χ3v) is 10.9. The summed E-state index contributed by atoms with van der Waals surface area (Å²) in [6, 6.07) is 37.5. The van der Waals surface area contributed by atoms with Gasteiger partial charge in [0.05, 0.1) is 6.04 Å². The number of aromatic nitrogens is 3. The highest BCUT2D eigenvalue weighted by molar-refractivity contribution is 6.07. The van der Waals surface area contributed by atoms with Crippen LogP contribution >= 0.6 is 0 Å². The predicted octanol–water partition coefficient (Wildman–Crippen LogP) is 13.2. The van der Waals surface area contributed by atoms with Crippen LogP contribution in [0, 0.1) is 0 Å². The average Bonchev–Trinajstić information content (AvgIpc) is 3.72. The van der Waals surface area contributed by atoms with Gasteiger partial charge >= 0.3 is 0 Å². The van der Waals surface area contributed by atoms with Crippen molar-refractivity contribution in [1.82, 2.24) is 15.0 Å². The van der Waals surface area contributed by atoms with E-state index in [1.54, 1.807) is 0 Å². The molecule has 1 N–H and O–H groups in total. The summed E-state index contributed by atoms with van der Waals surface area (Å²) in [6.07, 6.45) is 0. The maximum atomic E-state index is 6.96. The number of nitrogens with one attached hydrogen (secondary N) is 1. The average molecular weight is 713 g/mol. The molecular weight excluding hydrogens is 661 g/mol. The number of benzene rings is 5. The Bertz CT molecular complexity index is 2450. The molecule has 0 amide bonds. The summed E-state index contributed by atoms with van der Waals surface area (Å²) < 4.78 is 6.96. The third kappa shape index (κ3) is 6.28. The van der Waals surface area contributed by atoms with Crippen LogP contribution in [0.15, 0.2) is 108 Å². The lowest BCUT2D eigenvalue weighted by Gasteiger charge is -2.30. The summed E-state index contributed by atoms with van der Waals surface area (Å²) in [6.45, 7) is 22.2. The van der Waals surface area contributed by atoms with E-state index < -0.39 is 0 Å². The van der Waals surface area contributed by atoms with Crippen molar-refractivity contribution in [2.24, 2.45) is 0 Å². The quantitative estimate of drug-likeness (QED) is 0.186. The van der Waals surface area contributed by atoms with E-state index >= 15 is 0 Å². The SMILES string of the molecule is CC(C)c1cc(-c2ccccc2)cc(C(C)C)c1C1c2ccccc2NC1c1cccc2c1oc1cc(-c3nc(C(C)(C)C)nc(C(C)(C)C)n3)ccc12. The van der Waals surface area contributed by atoms with Crippen molar-refractivity contribution in [3.63, 3.8) is 0 Å². The fraction of sp³-hybridized carbons (Fsp3) is 0.327. The molecule has 5 heteroatoms. The second kappa shape index (κ2) is 13.2. The normalized spacial score (nSPS) is 16.1. The van der Waals surface area contributed by atoms with Crippen LogP contribution in [0.4, 0.5) is 5.69 Å². The van der Waals surface area contributed by atoms with Crippen molar-refractivity contribution in [2.75, 3.05) is 5.32 Å². The number of nitrogens with zero attached hydrogens (tertiary/aromatic N) is 3. The van der Waals surface area contributed by atoms with E-state index in [0.29, 0.717) is 17.7 Å². The summed E-state index contributed by atoms with van der Waals surface area (Å²) in [5.41, 5.74) is 12.7. The second-order valence-electron chi connectivity index (χ2n) is 17.8. The van der Waals surface area contributed by atoms with E-state index in [1.807, 2.05) is 0 Å². The minimum Gasteiger partial charge on any atom is -0.456 e. The number of anilines is 1. The monoisotopic (exact) mass is 712 g/mol. The first-order valence-electron chi connectivity index (χ1n) is 19.5. The summed E-state index contributed by atoms with van der Waals surface area (Å²) in [5, 5.41) is 6.20. The Morgan fingerprint density at radius 2 is 1.19 bits per heavy atom. The van der Waals surface area contributed by atoms with Crippen LogP contribution in [0.3, 0.4) is 0 Å². The first-order valence-corrected chi connectivity index (χ1v) is 19.5. The van der Waals surface area contributed by atoms with Gasteiger partial charge in [-0.05, 0) is 63.4 Å². The zero-order chi connectivity index (χ0) is 38.1. The molecule has 54 heavy (non-hydrogen) atoms. The van der Waals surface area contributed by atoms with Crippen molar-refractivity contribution in [3.05, 3.63) is 143 Å². The minimum atomic E-state index is -0.217. The fourth-order valence-electron chi connectivity index (χ4n) is 8.10. The molecule has 274 valence electrons. The van der Waals surface area contributed by atoms with Gasteiger partial charge in [0, 0.05) is 44.3 Å². The summed E-state index contributed by atoms with van der Waals surface area (Å²) in [7, 11) is 0. The van der Waals surface area contributed by atoms with Gasteiger partial charge in [0.2, 0.25) is 0 Å². The molecule has 5 nitrogen and oxygen atoms in total. The molecule has 5 aromatic carbocycles. The van der Waals surface area contributed by atoms with Gasteiger partial charge in [-0.3, -0.25) is 0 Å². The van der Waals surface area contributed by atoms with Crippen molar-refractivity contribution in [3.8, 4) is 22.5 Å². The number of fused-ring (bicyclic) bond motifs is 4. The highest BCUT2D eigenvalue weighted by atomic mass is 16.3. The van der Waals surface area contributed by atoms with Crippen LogP contribution < -0.4 is 5.32 Å². The molecule has 0 saturated carbocycles. The van der Waals surface area contributed by atoms with Gasteiger partial charge in [-0.25, -0.2) is 15.0 Å². The molecule has 0 saturated heterocycles. The van der Waals surface area contributed by atoms with Gasteiger partial charge in [0.1, 0.15) is 22.8 Å². The number of hydrogen-bond donors (Lipinski definition) is 1. The Labute approximate surface area is 320 Å². The summed E-state index contributed by atoms with van der Waals surface area (Å²) in [4.78, 5) is 14.9. The Kier molecular flexibility index (Phi) is 8.75. The maximum Gasteiger partial charge on any atom is 0.163 e. The van der Waals surface area contributed by atoms with Crippen molar-refractivity contribution in [2.45, 2.75) is 104 Å². The maximum absolute atomic E-state index is 6.96. The molecule has 0 bridgehead atoms. The first kappa shape index (κ1) is 35.7. The molecule has 0 aliphatic carbocycles. The lowest BCUT2D eigenvalue weighted by atomic mass is 9.74. The highest BCUT2D eigenvalue weighted by Crippen LogP contribution is 2.53. The number of hydrogen-bond acceptors (Lipinski definition) is 5. The molecule has 2 atom stereocenters. The lowest BCUT2D eigenvalue weighted by molar-refractivity contribution is 0.497. The molecule has 2 unspecified atom stereocenters. The smallest absolute Gasteiger partial charge is 0.163 e. The highest BCUT2D eigenvalue weighted by Gasteiger charge is 2.39. The van der Waals surface area contributed by atoms with Gasteiger partial charge in [0.15, 0.2) is 5.82 Å². The summed E-state index contributed by atoms with van der Waals surface area (Å²) >= 11 is 0. The van der Waals surface area contributed by atoms with Crippen LogP contribution in [-0.2, 0) is 10.8 Å². The molecule has 0 fully saturated rings. The van der Waals surface area contributed by atoms with Crippen molar-refractivity contribution in [1.29, 1.82) is 0 Å². The molecule has 3 heterocycles. The van der Waals surface area contributed by atoms with Crippen molar-refractivity contribution >= 4 is 27.6 Å². The van der Waals surface area contributed by atoms with E-state index in [4.69, 9.17) is 19.4 Å². The van der Waals surface area contributed by atoms with E-state index in [2.05, 4.69) is 178 Å². The largest absolute Gasteiger partial charge is 0.456 e. The van der Waals surface area contributed by atoms with Gasteiger partial charge in [-0.1, -0.05) is 154 Å². The van der Waals surface area contributed by atoms with Crippen LogP contribution in [0.2, 0.25) is 0 Å². The predicted molar refractivity (Wildman–Crippen MR) is 225 cm³/mol. The first-order chi connectivity index (χ1) is 25.7. The van der Waals surface area contributed by atoms with E-state index in [1.165, 1.54) is 39.1 Å². The van der Waals surface area contributed by atoms with Gasteiger partial charge < -0.3 is 9.73 Å². The van der Waals surface area contributed by atoms with Crippen molar-refractivity contribution < 1.29 is 4.42 Å². The third-order valence-electron chi connectivity index (χ3n) is 10.9. The Morgan fingerprint density at radius 3 is 1.81 bits per heavy atom. The standard InChI is InChI=1S/C49H52N4O/c1-28(2)37-25-32(30-17-12-11-13-18-30)26-38(29(3)4)41(37)42-35-19-14-15-22-39(35)50-43(42)36-21-16-20-34-33-24-23-31(27-40(33)54-44(34)36)45-51-46(48(5,6)7)53-47(52-45)49(8,9)10/h11-29,42-43,50H,1-10H3. The van der Waals surface area contributed by atoms with E-state index in [0.717, 1.165) is 44.7 Å². The van der Waals surface area contributed by atoms with Gasteiger partial charge in [-0.15, -0.1) is 0 Å². The van der Waals surface area contributed by atoms with Gasteiger partial charge in [-0.2, -0.15) is 0 Å². The molecule has 0 radical (unpaired) electrons. The number of furan rings is 1. The van der Waals surface area contributed by atoms with E-state index in [9.17, 15) is 0 Å². The van der Waals surface area contributed by atoms with Gasteiger partial charge in [0.25, 0.3) is 0 Å². The summed E-state index contributed by atoms with van der Waals surface area (Å²) in [5.74, 6) is 3.02. The topological polar surface area (TPSA) is 63.8 Å². The second-order valence-corrected chi connectivity index (χ2v) is 17.8. The molecule has 2 aromatic heterocycles. The van der Waals surface area contributed by atoms with Crippen LogP contribution in [-0.4, -0.2) is 15.0 Å². The molecule has 1 aliphatic rings. The molecular formula is C49H52N4O. The molecule has 7 aromatic rings. The zero-order valence-electron chi connectivity index (χ0n) is 33.4. The minimum absolute atomic E-state index is 0.0315.